The molecule has 3 rings (SSSR count). The molecule has 0 saturated carbocycles. The summed E-state index contributed by atoms with van der Waals surface area (Å²) in [6.07, 6.45) is 7.29. The maximum Gasteiger partial charge on any atom is 0.0720 e. The van der Waals surface area contributed by atoms with Gasteiger partial charge in [0.15, 0.2) is 0 Å². The van der Waals surface area contributed by atoms with Crippen molar-refractivity contribution in [3.05, 3.63) is 35.4 Å². The van der Waals surface area contributed by atoms with Gasteiger partial charge in [-0.3, -0.25) is 9.80 Å². The molecule has 2 aliphatic rings. The predicted molar refractivity (Wildman–Crippen MR) is 161 cm³/mol. The Balaban J connectivity index is 1.62. The van der Waals surface area contributed by atoms with Gasteiger partial charge in [-0.1, -0.05) is 65.8 Å². The molecule has 0 bridgehead atoms. The molecule has 2 aliphatic heterocycles. The van der Waals surface area contributed by atoms with Crippen LogP contribution in [0.5, 0.6) is 0 Å². The summed E-state index contributed by atoms with van der Waals surface area (Å²) in [6, 6.07) is 8.95. The summed E-state index contributed by atoms with van der Waals surface area (Å²) in [5.74, 6) is 0.980. The highest BCUT2D eigenvalue weighted by atomic mass is 16.5. The SMILES string of the molecule is CCC1(C)CC(OCc2ccc(COC3CC(C)(CC)N(C)C(C)(CC)C3C)cc2)C(C)C(C)(CC)N1C. The van der Waals surface area contributed by atoms with Crippen molar-refractivity contribution < 1.29 is 9.47 Å². The van der Waals surface area contributed by atoms with Crippen molar-refractivity contribution in [3.8, 4) is 0 Å². The number of nitrogens with zero attached hydrogens (tertiary/aromatic N) is 2. The van der Waals surface area contributed by atoms with Crippen LogP contribution in [-0.4, -0.2) is 58.3 Å². The van der Waals surface area contributed by atoms with Gasteiger partial charge in [-0.15, -0.1) is 0 Å². The van der Waals surface area contributed by atoms with Crippen LogP contribution in [0, 0.1) is 11.8 Å². The molecule has 0 N–H and O–H groups in total. The maximum absolute atomic E-state index is 6.65. The number of ether oxygens (including phenoxy) is 2. The first-order valence-electron chi connectivity index (χ1n) is 15.5. The molecule has 38 heavy (non-hydrogen) atoms. The second-order valence-corrected chi connectivity index (χ2v) is 13.7. The largest absolute Gasteiger partial charge is 0.373 e. The number of piperidine rings is 2. The second kappa shape index (κ2) is 11.9. The number of benzene rings is 1. The van der Waals surface area contributed by atoms with E-state index in [1.807, 2.05) is 0 Å². The van der Waals surface area contributed by atoms with Gasteiger partial charge in [0, 0.05) is 34.0 Å². The molecule has 2 saturated heterocycles. The quantitative estimate of drug-likeness (QED) is 0.306. The molecular formula is C34H60N2O2. The Hall–Kier alpha value is -0.940. The summed E-state index contributed by atoms with van der Waals surface area (Å²) in [7, 11) is 4.64. The summed E-state index contributed by atoms with van der Waals surface area (Å²) in [5, 5.41) is 0. The van der Waals surface area contributed by atoms with Crippen LogP contribution >= 0.6 is 0 Å². The highest BCUT2D eigenvalue weighted by Gasteiger charge is 2.52. The molecule has 2 fully saturated rings. The van der Waals surface area contributed by atoms with E-state index in [0.717, 1.165) is 38.5 Å². The normalized spacial score (nSPS) is 40.9. The van der Waals surface area contributed by atoms with Crippen molar-refractivity contribution in [1.82, 2.24) is 9.80 Å². The third-order valence-corrected chi connectivity index (χ3v) is 12.4. The highest BCUT2D eigenvalue weighted by molar-refractivity contribution is 5.22. The van der Waals surface area contributed by atoms with Crippen LogP contribution in [0.4, 0.5) is 0 Å². The van der Waals surface area contributed by atoms with Gasteiger partial charge in [0.1, 0.15) is 0 Å². The van der Waals surface area contributed by atoms with E-state index in [-0.39, 0.29) is 34.4 Å². The number of likely N-dealkylation sites (tertiary alicyclic amines) is 2. The van der Waals surface area contributed by atoms with E-state index >= 15 is 0 Å². The van der Waals surface area contributed by atoms with Gasteiger partial charge in [-0.2, -0.15) is 0 Å². The minimum Gasteiger partial charge on any atom is -0.373 e. The Kier molecular flexibility index (Phi) is 9.88. The Labute approximate surface area is 235 Å². The lowest BCUT2D eigenvalue weighted by molar-refractivity contribution is -0.148. The summed E-state index contributed by atoms with van der Waals surface area (Å²) in [6.45, 7) is 25.1. The van der Waals surface area contributed by atoms with Crippen molar-refractivity contribution in [2.45, 2.75) is 155 Å². The average Bonchev–Trinajstić information content (AvgIpc) is 2.93. The van der Waals surface area contributed by atoms with E-state index in [0.29, 0.717) is 25.0 Å². The smallest absolute Gasteiger partial charge is 0.0720 e. The predicted octanol–water partition coefficient (Wildman–Crippen LogP) is 8.08. The van der Waals surface area contributed by atoms with Crippen molar-refractivity contribution in [2.24, 2.45) is 11.8 Å². The Morgan fingerprint density at radius 3 is 1.21 bits per heavy atom. The first kappa shape index (κ1) is 31.6. The van der Waals surface area contributed by atoms with Gasteiger partial charge >= 0.3 is 0 Å². The minimum atomic E-state index is 0.154. The summed E-state index contributed by atoms with van der Waals surface area (Å²) in [5.41, 5.74) is 3.16. The topological polar surface area (TPSA) is 24.9 Å². The summed E-state index contributed by atoms with van der Waals surface area (Å²) >= 11 is 0. The van der Waals surface area contributed by atoms with Crippen LogP contribution in [0.25, 0.3) is 0 Å². The van der Waals surface area contributed by atoms with Gasteiger partial charge in [-0.25, -0.2) is 0 Å². The molecule has 8 unspecified atom stereocenters. The first-order chi connectivity index (χ1) is 17.7. The molecule has 0 spiro atoms. The molecule has 1 aromatic carbocycles. The third kappa shape index (κ3) is 5.62. The van der Waals surface area contributed by atoms with Gasteiger partial charge in [0.25, 0.3) is 0 Å². The zero-order chi connectivity index (χ0) is 28.5. The van der Waals surface area contributed by atoms with Crippen molar-refractivity contribution in [1.29, 1.82) is 0 Å². The number of hydrogen-bond donors (Lipinski definition) is 0. The van der Waals surface area contributed by atoms with E-state index in [4.69, 9.17) is 9.47 Å². The van der Waals surface area contributed by atoms with Crippen LogP contribution in [-0.2, 0) is 22.7 Å². The maximum atomic E-state index is 6.65. The summed E-state index contributed by atoms with van der Waals surface area (Å²) < 4.78 is 13.3. The number of rotatable bonds is 10. The molecule has 0 amide bonds. The van der Waals surface area contributed by atoms with Crippen molar-refractivity contribution in [3.63, 3.8) is 0 Å². The zero-order valence-electron chi connectivity index (χ0n) is 27.0. The van der Waals surface area contributed by atoms with Crippen LogP contribution in [0.15, 0.2) is 24.3 Å². The monoisotopic (exact) mass is 528 g/mol. The molecule has 8 atom stereocenters. The lowest BCUT2D eigenvalue weighted by atomic mass is 9.68. The fraction of sp³-hybridized carbons (Fsp3) is 0.824. The lowest BCUT2D eigenvalue weighted by Gasteiger charge is -2.59. The molecule has 2 heterocycles. The van der Waals surface area contributed by atoms with Crippen LogP contribution in [0.1, 0.15) is 119 Å². The van der Waals surface area contributed by atoms with Crippen molar-refractivity contribution >= 4 is 0 Å². The van der Waals surface area contributed by atoms with Gasteiger partial charge in [0.2, 0.25) is 0 Å². The van der Waals surface area contributed by atoms with Crippen LogP contribution < -0.4 is 0 Å². The van der Waals surface area contributed by atoms with Crippen molar-refractivity contribution in [2.75, 3.05) is 14.1 Å². The fourth-order valence-corrected chi connectivity index (χ4v) is 7.57. The van der Waals surface area contributed by atoms with Gasteiger partial charge < -0.3 is 9.47 Å². The highest BCUT2D eigenvalue weighted by Crippen LogP contribution is 2.47. The number of hydrogen-bond acceptors (Lipinski definition) is 4. The van der Waals surface area contributed by atoms with E-state index < -0.39 is 0 Å². The fourth-order valence-electron chi connectivity index (χ4n) is 7.57. The van der Waals surface area contributed by atoms with E-state index in [1.165, 1.54) is 11.1 Å². The first-order valence-corrected chi connectivity index (χ1v) is 15.5. The molecule has 0 radical (unpaired) electrons. The third-order valence-electron chi connectivity index (χ3n) is 12.4. The average molecular weight is 529 g/mol. The molecule has 4 heteroatoms. The second-order valence-electron chi connectivity index (χ2n) is 13.7. The molecule has 218 valence electrons. The van der Waals surface area contributed by atoms with E-state index in [2.05, 4.69) is 117 Å². The summed E-state index contributed by atoms with van der Waals surface area (Å²) in [4.78, 5) is 5.27. The zero-order valence-corrected chi connectivity index (χ0v) is 27.0. The lowest BCUT2D eigenvalue weighted by Crippen LogP contribution is -2.66. The Bertz CT molecular complexity index is 831. The molecule has 1 aromatic rings. The molecule has 0 aromatic heterocycles. The Morgan fingerprint density at radius 1 is 0.632 bits per heavy atom. The van der Waals surface area contributed by atoms with E-state index in [9.17, 15) is 0 Å². The molecule has 4 nitrogen and oxygen atoms in total. The van der Waals surface area contributed by atoms with Gasteiger partial charge in [0.05, 0.1) is 25.4 Å². The minimum absolute atomic E-state index is 0.154. The Morgan fingerprint density at radius 2 is 0.947 bits per heavy atom. The standard InChI is InChI=1S/C34H60N2O2/c1-13-31(7)21-29(25(5)33(9,15-3)35(31)11)37-23-27-17-19-28(20-18-27)24-38-30-22-32(8,14-2)36(12)34(10,16-4)26(30)6/h17-20,25-26,29-30H,13-16,21-24H2,1-12H3. The van der Waals surface area contributed by atoms with E-state index in [1.54, 1.807) is 0 Å². The van der Waals surface area contributed by atoms with Crippen LogP contribution in [0.3, 0.4) is 0 Å². The van der Waals surface area contributed by atoms with Crippen LogP contribution in [0.2, 0.25) is 0 Å². The molecular weight excluding hydrogens is 468 g/mol. The van der Waals surface area contributed by atoms with Gasteiger partial charge in [-0.05, 0) is 91.4 Å². The molecule has 0 aliphatic carbocycles.